The van der Waals surface area contributed by atoms with E-state index in [4.69, 9.17) is 4.74 Å². The fourth-order valence-electron chi connectivity index (χ4n) is 2.97. The van der Waals surface area contributed by atoms with E-state index in [2.05, 4.69) is 6.08 Å². The van der Waals surface area contributed by atoms with Crippen molar-refractivity contribution in [3.8, 4) is 0 Å². The van der Waals surface area contributed by atoms with Gasteiger partial charge in [-0.15, -0.1) is 0 Å². The van der Waals surface area contributed by atoms with Crippen LogP contribution in [-0.4, -0.2) is 36.5 Å². The summed E-state index contributed by atoms with van der Waals surface area (Å²) in [5.74, 6) is -0.186. The predicted octanol–water partition coefficient (Wildman–Crippen LogP) is 2.43. The zero-order valence-electron chi connectivity index (χ0n) is 11.7. The van der Waals surface area contributed by atoms with Gasteiger partial charge in [0.15, 0.2) is 0 Å². The molecule has 0 saturated carbocycles. The molecular weight excluding hydrogens is 242 g/mol. The minimum absolute atomic E-state index is 0.0863. The monoisotopic (exact) mass is 265 g/mol. The van der Waals surface area contributed by atoms with E-state index < -0.39 is 0 Å². The van der Waals surface area contributed by atoms with Crippen molar-refractivity contribution in [2.24, 2.45) is 0 Å². The van der Waals surface area contributed by atoms with Crippen LogP contribution < -0.4 is 0 Å². The third kappa shape index (κ3) is 3.58. The smallest absolute Gasteiger partial charge is 0.328 e. The first kappa shape index (κ1) is 14.1. The van der Waals surface area contributed by atoms with Gasteiger partial charge < -0.3 is 9.64 Å². The van der Waals surface area contributed by atoms with Gasteiger partial charge in [-0.2, -0.15) is 0 Å². The molecular formula is C15H23NO3. The number of amides is 1. The number of likely N-dealkylation sites (tertiary alicyclic amines) is 1. The maximum atomic E-state index is 12.4. The second kappa shape index (κ2) is 6.73. The van der Waals surface area contributed by atoms with E-state index in [9.17, 15) is 9.59 Å². The zero-order valence-corrected chi connectivity index (χ0v) is 11.7. The number of allylic oxidation sites excluding steroid dienone is 1. The van der Waals surface area contributed by atoms with Crippen molar-refractivity contribution in [1.29, 1.82) is 0 Å². The summed E-state index contributed by atoms with van der Waals surface area (Å²) in [7, 11) is 1.39. The highest BCUT2D eigenvalue weighted by atomic mass is 16.5. The van der Waals surface area contributed by atoms with Crippen LogP contribution in [0.3, 0.4) is 0 Å². The molecule has 0 spiro atoms. The largest absolute Gasteiger partial charge is 0.467 e. The first-order chi connectivity index (χ1) is 9.22. The maximum absolute atomic E-state index is 12.4. The summed E-state index contributed by atoms with van der Waals surface area (Å²) in [6.45, 7) is 0.686. The van der Waals surface area contributed by atoms with Gasteiger partial charge in [-0.05, 0) is 44.9 Å². The maximum Gasteiger partial charge on any atom is 0.328 e. The molecule has 1 heterocycles. The van der Waals surface area contributed by atoms with Gasteiger partial charge in [0.2, 0.25) is 5.91 Å². The van der Waals surface area contributed by atoms with Crippen LogP contribution in [0, 0.1) is 0 Å². The number of rotatable bonds is 3. The predicted molar refractivity (Wildman–Crippen MR) is 72.5 cm³/mol. The number of hydrogen-bond donors (Lipinski definition) is 0. The van der Waals surface area contributed by atoms with Gasteiger partial charge in [0, 0.05) is 13.0 Å². The van der Waals surface area contributed by atoms with E-state index in [1.165, 1.54) is 25.5 Å². The molecule has 2 rings (SSSR count). The van der Waals surface area contributed by atoms with E-state index >= 15 is 0 Å². The molecule has 1 amide bonds. The number of hydrogen-bond acceptors (Lipinski definition) is 3. The minimum atomic E-state index is -0.365. The summed E-state index contributed by atoms with van der Waals surface area (Å²) in [4.78, 5) is 25.8. The van der Waals surface area contributed by atoms with Crippen LogP contribution in [0.15, 0.2) is 11.6 Å². The van der Waals surface area contributed by atoms with Crippen LogP contribution in [-0.2, 0) is 14.3 Å². The van der Waals surface area contributed by atoms with Crippen molar-refractivity contribution >= 4 is 11.9 Å². The van der Waals surface area contributed by atoms with E-state index in [1.807, 2.05) is 0 Å². The van der Waals surface area contributed by atoms with Crippen LogP contribution in [0.1, 0.15) is 51.4 Å². The number of methoxy groups -OCH3 is 1. The summed E-state index contributed by atoms with van der Waals surface area (Å²) < 4.78 is 4.81. The first-order valence-electron chi connectivity index (χ1n) is 7.27. The molecule has 1 unspecified atom stereocenters. The third-order valence-electron chi connectivity index (χ3n) is 4.06. The Hall–Kier alpha value is -1.32. The van der Waals surface area contributed by atoms with Gasteiger partial charge in [0.05, 0.1) is 7.11 Å². The summed E-state index contributed by atoms with van der Waals surface area (Å²) >= 11 is 0. The molecule has 106 valence electrons. The van der Waals surface area contributed by atoms with Gasteiger partial charge in [-0.1, -0.05) is 11.6 Å². The lowest BCUT2D eigenvalue weighted by Crippen LogP contribution is -2.48. The summed E-state index contributed by atoms with van der Waals surface area (Å²) in [6.07, 6.45) is 9.91. The Bertz CT molecular complexity index is 376. The SMILES string of the molecule is COC(=O)C1CCCCN1C(=O)CC1=CCCCC1. The first-order valence-corrected chi connectivity index (χ1v) is 7.27. The Kier molecular flexibility index (Phi) is 5.00. The van der Waals surface area contributed by atoms with Crippen molar-refractivity contribution in [1.82, 2.24) is 4.90 Å². The second-order valence-electron chi connectivity index (χ2n) is 5.41. The number of ether oxygens (including phenoxy) is 1. The van der Waals surface area contributed by atoms with Crippen LogP contribution in [0.4, 0.5) is 0 Å². The fraction of sp³-hybridized carbons (Fsp3) is 0.733. The highest BCUT2D eigenvalue weighted by molar-refractivity contribution is 5.86. The lowest BCUT2D eigenvalue weighted by molar-refractivity contribution is -0.154. The summed E-state index contributed by atoms with van der Waals surface area (Å²) in [5.41, 5.74) is 1.24. The normalized spacial score (nSPS) is 23.7. The van der Waals surface area contributed by atoms with Crippen molar-refractivity contribution in [3.63, 3.8) is 0 Å². The van der Waals surface area contributed by atoms with E-state index in [0.717, 1.165) is 32.1 Å². The Morgan fingerprint density at radius 1 is 1.32 bits per heavy atom. The standard InChI is InChI=1S/C15H23NO3/c1-19-15(18)13-9-5-6-10-16(13)14(17)11-12-7-3-2-4-8-12/h7,13H,2-6,8-11H2,1H3. The molecule has 0 aromatic rings. The quantitative estimate of drug-likeness (QED) is 0.581. The molecule has 1 aliphatic carbocycles. The highest BCUT2D eigenvalue weighted by Gasteiger charge is 2.32. The van der Waals surface area contributed by atoms with Gasteiger partial charge in [0.25, 0.3) is 0 Å². The Labute approximate surface area is 114 Å². The van der Waals surface area contributed by atoms with Gasteiger partial charge in [-0.25, -0.2) is 4.79 Å². The molecule has 2 aliphatic rings. The number of piperidine rings is 1. The molecule has 1 saturated heterocycles. The molecule has 0 aromatic heterocycles. The summed E-state index contributed by atoms with van der Waals surface area (Å²) in [5, 5.41) is 0. The lowest BCUT2D eigenvalue weighted by atomic mass is 9.95. The Morgan fingerprint density at radius 3 is 2.84 bits per heavy atom. The second-order valence-corrected chi connectivity index (χ2v) is 5.41. The number of esters is 1. The van der Waals surface area contributed by atoms with E-state index in [0.29, 0.717) is 13.0 Å². The molecule has 1 aliphatic heterocycles. The van der Waals surface area contributed by atoms with Gasteiger partial charge in [-0.3, -0.25) is 4.79 Å². The Balaban J connectivity index is 1.98. The zero-order chi connectivity index (χ0) is 13.7. The number of carbonyl (C=O) groups excluding carboxylic acids is 2. The van der Waals surface area contributed by atoms with Crippen LogP contribution >= 0.6 is 0 Å². The molecule has 0 N–H and O–H groups in total. The molecule has 4 nitrogen and oxygen atoms in total. The number of carbonyl (C=O) groups is 2. The lowest BCUT2D eigenvalue weighted by Gasteiger charge is -2.34. The molecule has 4 heteroatoms. The van der Waals surface area contributed by atoms with Crippen molar-refractivity contribution in [2.45, 2.75) is 57.4 Å². The molecule has 1 atom stereocenters. The Morgan fingerprint density at radius 2 is 2.16 bits per heavy atom. The van der Waals surface area contributed by atoms with Crippen molar-refractivity contribution in [2.75, 3.05) is 13.7 Å². The average Bonchev–Trinajstić information content (AvgIpc) is 2.47. The molecule has 1 fully saturated rings. The van der Waals surface area contributed by atoms with Gasteiger partial charge >= 0.3 is 5.97 Å². The minimum Gasteiger partial charge on any atom is -0.467 e. The third-order valence-corrected chi connectivity index (χ3v) is 4.06. The molecule has 19 heavy (non-hydrogen) atoms. The average molecular weight is 265 g/mol. The van der Waals surface area contributed by atoms with Crippen LogP contribution in [0.25, 0.3) is 0 Å². The number of nitrogens with zero attached hydrogens (tertiary/aromatic N) is 1. The van der Waals surface area contributed by atoms with Crippen molar-refractivity contribution in [3.05, 3.63) is 11.6 Å². The highest BCUT2D eigenvalue weighted by Crippen LogP contribution is 2.24. The van der Waals surface area contributed by atoms with E-state index in [1.54, 1.807) is 4.90 Å². The molecule has 0 aromatic carbocycles. The topological polar surface area (TPSA) is 46.6 Å². The molecule has 0 bridgehead atoms. The van der Waals surface area contributed by atoms with Crippen LogP contribution in [0.2, 0.25) is 0 Å². The van der Waals surface area contributed by atoms with Gasteiger partial charge in [0.1, 0.15) is 6.04 Å². The summed E-state index contributed by atoms with van der Waals surface area (Å²) in [6, 6.07) is -0.365. The van der Waals surface area contributed by atoms with Crippen LogP contribution in [0.5, 0.6) is 0 Å². The fourth-order valence-corrected chi connectivity index (χ4v) is 2.97. The van der Waals surface area contributed by atoms with Crippen molar-refractivity contribution < 1.29 is 14.3 Å². The van der Waals surface area contributed by atoms with E-state index in [-0.39, 0.29) is 17.9 Å². The molecule has 0 radical (unpaired) electrons.